The third-order valence-electron chi connectivity index (χ3n) is 0. The van der Waals surface area contributed by atoms with Gasteiger partial charge < -0.3 is 15.1 Å². The van der Waals surface area contributed by atoms with E-state index in [1.807, 2.05) is 0 Å². The van der Waals surface area contributed by atoms with Crippen LogP contribution in [-0.2, 0) is 29.4 Å². The average molecular weight is 238 g/mol. The molecule has 0 unspecified atom stereocenters. The van der Waals surface area contributed by atoms with E-state index >= 15 is 0 Å². The molecule has 0 aromatic carbocycles. The minimum absolute atomic E-state index is 0. The molecule has 0 amide bonds. The zero-order valence-electron chi connectivity index (χ0n) is 4.92. The fourth-order valence-electron chi connectivity index (χ4n) is 0. The maximum atomic E-state index is 8.74. The van der Waals surface area contributed by atoms with Gasteiger partial charge in [0.05, 0.1) is 0 Å². The Kier molecular flexibility index (Phi) is 84.2. The van der Waals surface area contributed by atoms with Gasteiger partial charge in [-0.2, -0.15) is 0 Å². The summed E-state index contributed by atoms with van der Waals surface area (Å²) in [6.07, 6.45) is 0. The smallest absolute Gasteiger partial charge is 2.00 e. The minimum atomic E-state index is -3.13. The molecule has 0 radical (unpaired) electrons. The van der Waals surface area contributed by atoms with Gasteiger partial charge in [0.1, 0.15) is 0 Å². The van der Waals surface area contributed by atoms with Crippen LogP contribution in [0.2, 0.25) is 0 Å². The van der Waals surface area contributed by atoms with Crippen LogP contribution in [0.4, 0.5) is 0 Å². The monoisotopic (exact) mass is 236 g/mol. The van der Waals surface area contributed by atoms with Crippen LogP contribution in [0.3, 0.4) is 0 Å². The third kappa shape index (κ3) is 56.4. The van der Waals surface area contributed by atoms with E-state index in [4.69, 9.17) is 14.1 Å². The molecule has 32 valence electrons. The molecule has 4 nitrogen and oxygen atoms in total. The van der Waals surface area contributed by atoms with Crippen molar-refractivity contribution in [2.75, 3.05) is 0 Å². The first-order valence-electron chi connectivity index (χ1n) is 0.651. The summed E-state index contributed by atoms with van der Waals surface area (Å²) in [6.45, 7) is 0. The second kappa shape index (κ2) is 22.4. The summed E-state index contributed by atoms with van der Waals surface area (Å²) in [6, 6.07) is 0. The Morgan fingerprint density at radius 3 is 1.12 bits per heavy atom. The van der Waals surface area contributed by atoms with Gasteiger partial charge in [-0.15, -0.1) is 0 Å². The molecule has 0 aliphatic carbocycles. The quantitative estimate of drug-likeness (QED) is 0.411. The van der Waals surface area contributed by atoms with Gasteiger partial charge in [0.2, 0.25) is 0 Å². The molecule has 0 aliphatic heterocycles. The van der Waals surface area contributed by atoms with Gasteiger partial charge in [-0.1, -0.05) is 0 Å². The van der Waals surface area contributed by atoms with Crippen LogP contribution in [-0.4, -0.2) is 18.8 Å². The predicted molar refractivity (Wildman–Crippen MR) is 11.6 cm³/mol. The van der Waals surface area contributed by atoms with Crippen LogP contribution in [0.5, 0.6) is 0 Å². The van der Waals surface area contributed by atoms with Crippen molar-refractivity contribution < 1.29 is 142 Å². The first-order valence-corrected chi connectivity index (χ1v) is 1.95. The summed E-state index contributed by atoms with van der Waals surface area (Å²) in [5, 5.41) is 0. The molecule has 0 fully saturated rings. The van der Waals surface area contributed by atoms with E-state index in [1.165, 1.54) is 0 Å². The van der Waals surface area contributed by atoms with Crippen molar-refractivity contribution in [1.82, 2.24) is 0 Å². The van der Waals surface area contributed by atoms with Crippen LogP contribution >= 0.6 is 0 Å². The number of hydrogen-bond donors (Lipinski definition) is 2. The standard InChI is InChI=1S/2K.H2O3Si.O.Zn/c;;1-4(2)3;;/h;;1-2H;;/q2*+1;;-2;+2. The Morgan fingerprint density at radius 1 is 1.12 bits per heavy atom. The van der Waals surface area contributed by atoms with Gasteiger partial charge in [0.15, 0.2) is 0 Å². The van der Waals surface area contributed by atoms with E-state index < -0.39 is 9.17 Å². The largest absolute Gasteiger partial charge is 2.00 e. The van der Waals surface area contributed by atoms with E-state index in [-0.39, 0.29) is 128 Å². The summed E-state index contributed by atoms with van der Waals surface area (Å²) >= 11 is 0. The fourth-order valence-corrected chi connectivity index (χ4v) is 0. The Morgan fingerprint density at radius 2 is 1.12 bits per heavy atom. The molecular weight excluding hydrogens is 236 g/mol. The molecule has 0 saturated carbocycles. The fraction of sp³-hybridized carbons (Fsp3) is 0. The molecular formula is H2K2O4SiZn+2. The predicted octanol–water partition coefficient (Wildman–Crippen LogP) is -7.73. The van der Waals surface area contributed by atoms with Crippen molar-refractivity contribution in [3.05, 3.63) is 0 Å². The summed E-state index contributed by atoms with van der Waals surface area (Å²) in [4.78, 5) is 14.3. The first-order chi connectivity index (χ1) is 1.73. The molecule has 0 aromatic rings. The maximum absolute atomic E-state index is 8.74. The Hall–Kier alpha value is 3.47. The molecule has 2 N–H and O–H groups in total. The number of rotatable bonds is 0. The van der Waals surface area contributed by atoms with E-state index in [9.17, 15) is 0 Å². The van der Waals surface area contributed by atoms with Crippen LogP contribution in [0.1, 0.15) is 0 Å². The second-order valence-electron chi connectivity index (χ2n) is 0.283. The maximum Gasteiger partial charge on any atom is 2.00 e. The molecule has 0 rings (SSSR count). The van der Waals surface area contributed by atoms with Gasteiger partial charge in [0.25, 0.3) is 0 Å². The van der Waals surface area contributed by atoms with Gasteiger partial charge in [-0.25, -0.2) is 0 Å². The molecule has 0 aromatic heterocycles. The molecule has 0 aliphatic rings. The molecule has 0 bridgehead atoms. The van der Waals surface area contributed by atoms with Crippen molar-refractivity contribution >= 4 is 9.17 Å². The zero-order valence-corrected chi connectivity index (χ0v) is 15.1. The van der Waals surface area contributed by atoms with Crippen molar-refractivity contribution in [2.45, 2.75) is 0 Å². The summed E-state index contributed by atoms with van der Waals surface area (Å²) in [5.74, 6) is 0. The normalized spacial score (nSPS) is 3.00. The zero-order chi connectivity index (χ0) is 3.58. The minimum Gasteiger partial charge on any atom is -2.00 e. The molecule has 8 heteroatoms. The third-order valence-corrected chi connectivity index (χ3v) is 0. The van der Waals surface area contributed by atoms with Gasteiger partial charge in [-0.05, 0) is 0 Å². The number of hydrogen-bond acceptors (Lipinski definition) is 1. The van der Waals surface area contributed by atoms with Crippen molar-refractivity contribution in [1.29, 1.82) is 0 Å². The summed E-state index contributed by atoms with van der Waals surface area (Å²) in [5.41, 5.74) is 0. The Labute approximate surface area is 147 Å². The van der Waals surface area contributed by atoms with E-state index in [0.717, 1.165) is 0 Å². The SMILES string of the molecule is O=[Si](O)O.[K+].[K+].[O-2].[Zn+2]. The Balaban J connectivity index is -0.00000000750. The van der Waals surface area contributed by atoms with Gasteiger partial charge in [-0.3, -0.25) is 4.46 Å². The van der Waals surface area contributed by atoms with Gasteiger partial charge >= 0.3 is 131 Å². The van der Waals surface area contributed by atoms with E-state index in [2.05, 4.69) is 0 Å². The van der Waals surface area contributed by atoms with Crippen LogP contribution < -0.4 is 103 Å². The van der Waals surface area contributed by atoms with Crippen LogP contribution in [0.15, 0.2) is 0 Å². The van der Waals surface area contributed by atoms with E-state index in [1.54, 1.807) is 0 Å². The topological polar surface area (TPSA) is 86.0 Å². The Bertz CT molecular complexity index is 37.0. The summed E-state index contributed by atoms with van der Waals surface area (Å²) < 4.78 is 8.74. The van der Waals surface area contributed by atoms with Crippen molar-refractivity contribution in [3.63, 3.8) is 0 Å². The van der Waals surface area contributed by atoms with Crippen LogP contribution in [0.25, 0.3) is 0 Å². The van der Waals surface area contributed by atoms with Crippen molar-refractivity contribution in [3.8, 4) is 0 Å². The van der Waals surface area contributed by atoms with E-state index in [0.29, 0.717) is 0 Å². The summed E-state index contributed by atoms with van der Waals surface area (Å²) in [7, 11) is -3.13. The van der Waals surface area contributed by atoms with Crippen molar-refractivity contribution in [2.24, 2.45) is 0 Å². The molecule has 0 spiro atoms. The molecule has 0 atom stereocenters. The second-order valence-corrected chi connectivity index (χ2v) is 0.848. The first kappa shape index (κ1) is 30.0. The molecule has 0 saturated heterocycles. The van der Waals surface area contributed by atoms with Gasteiger partial charge in [0, 0.05) is 0 Å². The molecule has 0 heterocycles. The molecule has 8 heavy (non-hydrogen) atoms. The van der Waals surface area contributed by atoms with Crippen LogP contribution in [0, 0.1) is 0 Å². The average Bonchev–Trinajstić information content (AvgIpc) is 0.811.